The molecule has 98 valence electrons. The molecule has 1 atom stereocenters. The van der Waals surface area contributed by atoms with Crippen molar-refractivity contribution in [1.29, 1.82) is 0 Å². The van der Waals surface area contributed by atoms with Crippen LogP contribution in [0.3, 0.4) is 0 Å². The van der Waals surface area contributed by atoms with Gasteiger partial charge >= 0.3 is 0 Å². The molecule has 16 heavy (non-hydrogen) atoms. The van der Waals surface area contributed by atoms with Gasteiger partial charge in [-0.05, 0) is 33.7 Å². The van der Waals surface area contributed by atoms with E-state index in [9.17, 15) is 0 Å². The molecule has 1 unspecified atom stereocenters. The van der Waals surface area contributed by atoms with E-state index in [1.807, 2.05) is 0 Å². The van der Waals surface area contributed by atoms with E-state index >= 15 is 0 Å². The van der Waals surface area contributed by atoms with E-state index in [1.165, 1.54) is 6.42 Å². The van der Waals surface area contributed by atoms with Crippen molar-refractivity contribution in [3.63, 3.8) is 0 Å². The molecule has 0 aromatic carbocycles. The lowest BCUT2D eigenvalue weighted by Crippen LogP contribution is -2.52. The first-order valence-electron chi connectivity index (χ1n) is 6.55. The summed E-state index contributed by atoms with van der Waals surface area (Å²) >= 11 is 0. The monoisotopic (exact) mass is 230 g/mol. The third-order valence-electron chi connectivity index (χ3n) is 3.44. The normalized spacial score (nSPS) is 15.8. The number of ether oxygens (including phenoxy) is 1. The summed E-state index contributed by atoms with van der Waals surface area (Å²) in [6.45, 7) is 11.1. The summed E-state index contributed by atoms with van der Waals surface area (Å²) in [6, 6.07) is 0. The molecule has 0 amide bonds. The van der Waals surface area contributed by atoms with Gasteiger partial charge in [0.2, 0.25) is 0 Å². The Labute approximate surface area is 101 Å². The second-order valence-electron chi connectivity index (χ2n) is 4.87. The zero-order valence-corrected chi connectivity index (χ0v) is 11.8. The van der Waals surface area contributed by atoms with Crippen molar-refractivity contribution >= 4 is 0 Å². The van der Waals surface area contributed by atoms with Crippen LogP contribution in [-0.4, -0.2) is 43.3 Å². The maximum absolute atomic E-state index is 5.95. The second kappa shape index (κ2) is 8.04. The van der Waals surface area contributed by atoms with Gasteiger partial charge in [0.05, 0.1) is 12.7 Å². The lowest BCUT2D eigenvalue weighted by Gasteiger charge is -2.40. The summed E-state index contributed by atoms with van der Waals surface area (Å²) in [5.74, 6) is 0. The van der Waals surface area contributed by atoms with E-state index in [4.69, 9.17) is 10.5 Å². The fourth-order valence-corrected chi connectivity index (χ4v) is 2.17. The Morgan fingerprint density at radius 1 is 1.31 bits per heavy atom. The molecule has 0 radical (unpaired) electrons. The third-order valence-corrected chi connectivity index (χ3v) is 3.44. The highest BCUT2D eigenvalue weighted by atomic mass is 16.5. The molecule has 0 bridgehead atoms. The number of nitrogens with two attached hydrogens (primary N) is 1. The maximum atomic E-state index is 5.95. The molecule has 3 heteroatoms. The van der Waals surface area contributed by atoms with Crippen LogP contribution in [0.25, 0.3) is 0 Å². The molecule has 0 heterocycles. The second-order valence-corrected chi connectivity index (χ2v) is 4.87. The molecule has 0 fully saturated rings. The average Bonchev–Trinajstić information content (AvgIpc) is 2.25. The molecule has 3 nitrogen and oxygen atoms in total. The van der Waals surface area contributed by atoms with Gasteiger partial charge in [0.25, 0.3) is 0 Å². The van der Waals surface area contributed by atoms with E-state index in [2.05, 4.69) is 39.6 Å². The summed E-state index contributed by atoms with van der Waals surface area (Å²) in [4.78, 5) is 2.37. The van der Waals surface area contributed by atoms with Crippen molar-refractivity contribution in [3.8, 4) is 0 Å². The molecule has 0 rings (SSSR count). The average molecular weight is 230 g/mol. The van der Waals surface area contributed by atoms with Crippen molar-refractivity contribution in [2.24, 2.45) is 5.73 Å². The van der Waals surface area contributed by atoms with Crippen LogP contribution in [0.15, 0.2) is 0 Å². The van der Waals surface area contributed by atoms with E-state index in [1.54, 1.807) is 0 Å². The molecule has 0 aliphatic rings. The van der Waals surface area contributed by atoms with E-state index < -0.39 is 0 Å². The predicted octanol–water partition coefficient (Wildman–Crippen LogP) is 2.25. The molecule has 0 aromatic rings. The summed E-state index contributed by atoms with van der Waals surface area (Å²) < 4.78 is 5.59. The molecule has 2 N–H and O–H groups in total. The van der Waals surface area contributed by atoms with Crippen molar-refractivity contribution < 1.29 is 4.74 Å². The Bertz CT molecular complexity index is 167. The minimum atomic E-state index is 0.162. The first-order valence-corrected chi connectivity index (χ1v) is 6.55. The smallest absolute Gasteiger partial charge is 0.0597 e. The van der Waals surface area contributed by atoms with Crippen molar-refractivity contribution in [1.82, 2.24) is 4.90 Å². The Balaban J connectivity index is 4.20. The number of hydrogen-bond donors (Lipinski definition) is 1. The maximum Gasteiger partial charge on any atom is 0.0597 e. The van der Waals surface area contributed by atoms with Gasteiger partial charge in [-0.15, -0.1) is 0 Å². The Morgan fingerprint density at radius 3 is 2.31 bits per heavy atom. The minimum absolute atomic E-state index is 0.162. The lowest BCUT2D eigenvalue weighted by atomic mass is 9.89. The number of hydrogen-bond acceptors (Lipinski definition) is 3. The zero-order chi connectivity index (χ0) is 12.6. The first kappa shape index (κ1) is 15.9. The summed E-state index contributed by atoms with van der Waals surface area (Å²) in [5, 5.41) is 0. The summed E-state index contributed by atoms with van der Waals surface area (Å²) in [7, 11) is 2.16. The van der Waals surface area contributed by atoms with E-state index in [0.29, 0.717) is 6.10 Å². The highest BCUT2D eigenvalue weighted by Gasteiger charge is 2.29. The fraction of sp³-hybridized carbons (Fsp3) is 1.00. The topological polar surface area (TPSA) is 38.5 Å². The Hall–Kier alpha value is -0.120. The largest absolute Gasteiger partial charge is 0.377 e. The van der Waals surface area contributed by atoms with Crippen molar-refractivity contribution in [2.75, 3.05) is 26.7 Å². The number of likely N-dealkylation sites (N-methyl/N-ethyl adjacent to an activating group) is 1. The molecule has 0 spiro atoms. The molecule has 0 aliphatic carbocycles. The number of nitrogens with zero attached hydrogens (tertiary/aromatic N) is 1. The highest BCUT2D eigenvalue weighted by molar-refractivity contribution is 4.88. The molecule has 0 aromatic heterocycles. The van der Waals surface area contributed by atoms with E-state index in [0.717, 1.165) is 32.5 Å². The zero-order valence-electron chi connectivity index (χ0n) is 11.8. The standard InChI is InChI=1S/C13H30N2O/c1-6-8-13(7-2,11-14)15(5)9-10-16-12(3)4/h12H,6-11,14H2,1-5H3. The Kier molecular flexibility index (Phi) is 7.98. The fourth-order valence-electron chi connectivity index (χ4n) is 2.17. The molecule has 0 saturated carbocycles. The number of rotatable bonds is 9. The molecular weight excluding hydrogens is 200 g/mol. The lowest BCUT2D eigenvalue weighted by molar-refractivity contribution is 0.0303. The van der Waals surface area contributed by atoms with Gasteiger partial charge in [-0.3, -0.25) is 4.90 Å². The highest BCUT2D eigenvalue weighted by Crippen LogP contribution is 2.22. The van der Waals surface area contributed by atoms with Crippen LogP contribution in [0.5, 0.6) is 0 Å². The van der Waals surface area contributed by atoms with E-state index in [-0.39, 0.29) is 5.54 Å². The van der Waals surface area contributed by atoms with Crippen LogP contribution < -0.4 is 5.73 Å². The van der Waals surface area contributed by atoms with Crippen LogP contribution in [0.2, 0.25) is 0 Å². The van der Waals surface area contributed by atoms with Gasteiger partial charge in [-0.2, -0.15) is 0 Å². The van der Waals surface area contributed by atoms with Crippen LogP contribution in [-0.2, 0) is 4.74 Å². The van der Waals surface area contributed by atoms with Gasteiger partial charge in [0.15, 0.2) is 0 Å². The van der Waals surface area contributed by atoms with Gasteiger partial charge in [-0.1, -0.05) is 20.3 Å². The predicted molar refractivity (Wildman–Crippen MR) is 70.7 cm³/mol. The molecule has 0 saturated heterocycles. The summed E-state index contributed by atoms with van der Waals surface area (Å²) in [6.07, 6.45) is 3.77. The molecule has 0 aliphatic heterocycles. The van der Waals surface area contributed by atoms with Gasteiger partial charge in [0, 0.05) is 18.6 Å². The van der Waals surface area contributed by atoms with Gasteiger partial charge < -0.3 is 10.5 Å². The molecular formula is C13H30N2O. The minimum Gasteiger partial charge on any atom is -0.377 e. The van der Waals surface area contributed by atoms with Crippen LogP contribution in [0.4, 0.5) is 0 Å². The first-order chi connectivity index (χ1) is 7.52. The van der Waals surface area contributed by atoms with Crippen LogP contribution >= 0.6 is 0 Å². The van der Waals surface area contributed by atoms with Crippen LogP contribution in [0.1, 0.15) is 47.0 Å². The van der Waals surface area contributed by atoms with Gasteiger partial charge in [-0.25, -0.2) is 0 Å². The third kappa shape index (κ3) is 4.81. The Morgan fingerprint density at radius 2 is 1.94 bits per heavy atom. The van der Waals surface area contributed by atoms with Crippen LogP contribution in [0, 0.1) is 0 Å². The quantitative estimate of drug-likeness (QED) is 0.660. The van der Waals surface area contributed by atoms with Crippen molar-refractivity contribution in [3.05, 3.63) is 0 Å². The SMILES string of the molecule is CCCC(CC)(CN)N(C)CCOC(C)C. The van der Waals surface area contributed by atoms with Gasteiger partial charge in [0.1, 0.15) is 0 Å². The summed E-state index contributed by atoms with van der Waals surface area (Å²) in [5.41, 5.74) is 6.12. The van der Waals surface area contributed by atoms with Crippen molar-refractivity contribution in [2.45, 2.75) is 58.6 Å².